The molecule has 9 nitrogen and oxygen atoms in total. The number of carbonyl (C=O) groups is 5. The van der Waals surface area contributed by atoms with Crippen LogP contribution in [0.25, 0.3) is 0 Å². The first-order chi connectivity index (χ1) is 19.0. The molecule has 0 unspecified atom stereocenters. The van der Waals surface area contributed by atoms with E-state index >= 15 is 0 Å². The number of Topliss-reactive ketones (excluding diaryl/α,β-unsaturated/α-hetero) is 1. The van der Waals surface area contributed by atoms with Crippen LogP contribution < -0.4 is 4.90 Å². The van der Waals surface area contributed by atoms with Crippen LogP contribution in [0, 0.1) is 17.8 Å². The third kappa shape index (κ3) is 3.65. The maximum Gasteiger partial charge on any atom is 0.339 e. The lowest BCUT2D eigenvalue weighted by molar-refractivity contribution is -0.123. The van der Waals surface area contributed by atoms with Gasteiger partial charge in [-0.3, -0.25) is 19.2 Å². The molecule has 1 fully saturated rings. The number of phenols is 2. The van der Waals surface area contributed by atoms with E-state index in [1.165, 1.54) is 30.3 Å². The number of amides is 2. The quantitative estimate of drug-likeness (QED) is 0.289. The average molecular weight is 560 g/mol. The summed E-state index contributed by atoms with van der Waals surface area (Å²) < 4.78 is 0. The number of allylic oxidation sites excluding steroid dienone is 6. The number of hydrogen-bond donors (Lipinski definition) is 3. The van der Waals surface area contributed by atoms with E-state index in [9.17, 15) is 39.3 Å². The Kier molecular flexibility index (Phi) is 5.81. The molecule has 40 heavy (non-hydrogen) atoms. The average Bonchev–Trinajstić information content (AvgIpc) is 3.17. The van der Waals surface area contributed by atoms with Gasteiger partial charge in [-0.15, -0.1) is 0 Å². The molecule has 2 aromatic carbocycles. The van der Waals surface area contributed by atoms with Gasteiger partial charge in [0.1, 0.15) is 17.1 Å². The number of carbonyl (C=O) groups excluding carboxylic acids is 4. The second-order valence-electron chi connectivity index (χ2n) is 10.5. The van der Waals surface area contributed by atoms with E-state index in [-0.39, 0.29) is 58.1 Å². The van der Waals surface area contributed by atoms with Gasteiger partial charge in [0, 0.05) is 39.3 Å². The Morgan fingerprint density at radius 1 is 0.975 bits per heavy atom. The molecular weight excluding hydrogens is 538 g/mol. The molecule has 3 N–H and O–H groups in total. The zero-order valence-corrected chi connectivity index (χ0v) is 21.8. The summed E-state index contributed by atoms with van der Waals surface area (Å²) in [4.78, 5) is 66.3. The summed E-state index contributed by atoms with van der Waals surface area (Å²) >= 11 is 6.27. The van der Waals surface area contributed by atoms with Crippen molar-refractivity contribution in [2.45, 2.75) is 25.7 Å². The minimum absolute atomic E-state index is 0.0377. The van der Waals surface area contributed by atoms with Gasteiger partial charge in [0.05, 0.1) is 17.5 Å². The molecular formula is C30H22ClNO8. The van der Waals surface area contributed by atoms with E-state index in [1.54, 1.807) is 6.92 Å². The first kappa shape index (κ1) is 25.8. The van der Waals surface area contributed by atoms with E-state index in [0.29, 0.717) is 16.2 Å². The summed E-state index contributed by atoms with van der Waals surface area (Å²) in [5, 5.41) is 30.6. The number of rotatable bonds is 3. The summed E-state index contributed by atoms with van der Waals surface area (Å²) in [6, 6.07) is 7.92. The molecule has 202 valence electrons. The smallest absolute Gasteiger partial charge is 0.339 e. The number of aromatic carboxylic acids is 1. The predicted octanol–water partition coefficient (Wildman–Crippen LogP) is 4.08. The number of fused-ring (bicyclic) bond motifs is 3. The van der Waals surface area contributed by atoms with Crippen LogP contribution >= 0.6 is 11.6 Å². The molecule has 1 saturated heterocycles. The SMILES string of the molecule is CC1=CC(=O)C2=C(C1=O)[C@@H](c1cc(Cl)ccc1O)C1=CC[C@@H]3C(=O)N(c4ccc(C(=O)O)c(O)c4)C(=O)[C@@H]3[C@@H]1C2. The molecule has 1 heterocycles. The fraction of sp³-hybridized carbons (Fsp3) is 0.233. The first-order valence-electron chi connectivity index (χ1n) is 12.6. The fourth-order valence-corrected chi connectivity index (χ4v) is 6.75. The van der Waals surface area contributed by atoms with E-state index < -0.39 is 47.2 Å². The Hall–Kier alpha value is -4.50. The number of hydrogen-bond acceptors (Lipinski definition) is 7. The first-order valence-corrected chi connectivity index (χ1v) is 13.0. The van der Waals surface area contributed by atoms with Crippen LogP contribution in [0.1, 0.15) is 41.6 Å². The predicted molar refractivity (Wildman–Crippen MR) is 142 cm³/mol. The van der Waals surface area contributed by atoms with Gasteiger partial charge in [0.25, 0.3) is 0 Å². The number of halogens is 1. The number of benzene rings is 2. The molecule has 4 aliphatic rings. The van der Waals surface area contributed by atoms with Crippen molar-refractivity contribution < 1.29 is 39.3 Å². The maximum atomic E-state index is 13.9. The monoisotopic (exact) mass is 559 g/mol. The van der Waals surface area contributed by atoms with Gasteiger partial charge in [-0.05, 0) is 62.1 Å². The number of anilines is 1. The molecule has 2 aromatic rings. The Morgan fingerprint density at radius 3 is 2.42 bits per heavy atom. The zero-order chi connectivity index (χ0) is 28.6. The van der Waals surface area contributed by atoms with Crippen LogP contribution in [0.2, 0.25) is 5.02 Å². The summed E-state index contributed by atoms with van der Waals surface area (Å²) in [7, 11) is 0. The van der Waals surface area contributed by atoms with E-state index in [4.69, 9.17) is 11.6 Å². The number of carboxylic acids is 1. The maximum absolute atomic E-state index is 13.9. The highest BCUT2D eigenvalue weighted by molar-refractivity contribution is 6.30. The van der Waals surface area contributed by atoms with Gasteiger partial charge in [-0.25, -0.2) is 9.69 Å². The molecule has 0 bridgehead atoms. The van der Waals surface area contributed by atoms with Crippen molar-refractivity contribution in [1.29, 1.82) is 0 Å². The van der Waals surface area contributed by atoms with Gasteiger partial charge in [0.2, 0.25) is 11.8 Å². The molecule has 3 aliphatic carbocycles. The number of imide groups is 1. The van der Waals surface area contributed by atoms with Gasteiger partial charge in [-0.1, -0.05) is 23.3 Å². The molecule has 4 atom stereocenters. The molecule has 0 radical (unpaired) electrons. The second-order valence-corrected chi connectivity index (χ2v) is 10.9. The van der Waals surface area contributed by atoms with Gasteiger partial charge >= 0.3 is 5.97 Å². The summed E-state index contributed by atoms with van der Waals surface area (Å²) in [6.07, 6.45) is 3.32. The van der Waals surface area contributed by atoms with E-state index in [1.807, 2.05) is 6.08 Å². The highest BCUT2D eigenvalue weighted by atomic mass is 35.5. The number of nitrogens with zero attached hydrogens (tertiary/aromatic N) is 1. The number of carboxylic acid groups (broad SMARTS) is 1. The highest BCUT2D eigenvalue weighted by Crippen LogP contribution is 2.56. The molecule has 2 amide bonds. The number of ketones is 2. The Morgan fingerprint density at radius 2 is 1.73 bits per heavy atom. The molecule has 0 spiro atoms. The third-order valence-corrected chi connectivity index (χ3v) is 8.57. The lowest BCUT2D eigenvalue weighted by Crippen LogP contribution is -2.39. The minimum atomic E-state index is -1.36. The van der Waals surface area contributed by atoms with E-state index in [2.05, 4.69) is 0 Å². The number of aromatic hydroxyl groups is 2. The van der Waals surface area contributed by atoms with Crippen LogP contribution in [0.4, 0.5) is 5.69 Å². The highest BCUT2D eigenvalue weighted by Gasteiger charge is 2.57. The fourth-order valence-electron chi connectivity index (χ4n) is 6.57. The Labute approximate surface area is 232 Å². The second kappa shape index (κ2) is 9.02. The normalized spacial score (nSPS) is 25.8. The lowest BCUT2D eigenvalue weighted by atomic mass is 9.59. The van der Waals surface area contributed by atoms with Crippen molar-refractivity contribution in [3.8, 4) is 11.5 Å². The van der Waals surface area contributed by atoms with Crippen LogP contribution in [0.15, 0.2) is 70.8 Å². The molecule has 1 aliphatic heterocycles. The topological polar surface area (TPSA) is 149 Å². The zero-order valence-electron chi connectivity index (χ0n) is 21.1. The van der Waals surface area contributed by atoms with Crippen LogP contribution in [-0.2, 0) is 19.2 Å². The molecule has 10 heteroatoms. The standard InChI is InChI=1S/C30H22ClNO8/c1-12-8-22(34)20-11-18-15(24(26(20)27(12)36)19-9-13(31)2-7-21(19)33)5-6-17-25(18)29(38)32(28(17)37)14-3-4-16(30(39)40)23(35)10-14/h2-5,7-10,17-18,24-25,33,35H,6,11H2,1H3,(H,39,40)/t17-,18+,24+,25-/m0/s1. The van der Waals surface area contributed by atoms with E-state index in [0.717, 1.165) is 17.0 Å². The van der Waals surface area contributed by atoms with Crippen molar-refractivity contribution in [3.05, 3.63) is 87.0 Å². The Balaban J connectivity index is 1.48. The third-order valence-electron chi connectivity index (χ3n) is 8.34. The summed E-state index contributed by atoms with van der Waals surface area (Å²) in [6.45, 7) is 1.55. The van der Waals surface area contributed by atoms with Crippen molar-refractivity contribution >= 4 is 46.6 Å². The minimum Gasteiger partial charge on any atom is -0.508 e. The Bertz CT molecular complexity index is 1680. The summed E-state index contributed by atoms with van der Waals surface area (Å²) in [5.41, 5.74) is 1.40. The van der Waals surface area contributed by atoms with Gasteiger partial charge < -0.3 is 15.3 Å². The molecule has 0 saturated carbocycles. The van der Waals surface area contributed by atoms with Crippen LogP contribution in [-0.4, -0.2) is 44.7 Å². The van der Waals surface area contributed by atoms with Gasteiger partial charge in [-0.2, -0.15) is 0 Å². The number of phenolic OH excluding ortho intramolecular Hbond substituents is 1. The summed E-state index contributed by atoms with van der Waals surface area (Å²) in [5.74, 6) is -6.91. The van der Waals surface area contributed by atoms with Crippen LogP contribution in [0.3, 0.4) is 0 Å². The van der Waals surface area contributed by atoms with Crippen LogP contribution in [0.5, 0.6) is 11.5 Å². The largest absolute Gasteiger partial charge is 0.508 e. The van der Waals surface area contributed by atoms with Crippen molar-refractivity contribution in [2.24, 2.45) is 17.8 Å². The van der Waals surface area contributed by atoms with Crippen molar-refractivity contribution in [2.75, 3.05) is 4.90 Å². The van der Waals surface area contributed by atoms with Gasteiger partial charge in [0.15, 0.2) is 11.6 Å². The lowest BCUT2D eigenvalue weighted by Gasteiger charge is -2.42. The molecule has 0 aromatic heterocycles. The molecule has 6 rings (SSSR count). The van der Waals surface area contributed by atoms with Crippen molar-refractivity contribution in [1.82, 2.24) is 0 Å². The van der Waals surface area contributed by atoms with Crippen molar-refractivity contribution in [3.63, 3.8) is 0 Å².